The molecule has 1 aromatic rings. The van der Waals surface area contributed by atoms with Gasteiger partial charge in [-0.15, -0.1) is 0 Å². The fourth-order valence-corrected chi connectivity index (χ4v) is 2.10. The van der Waals surface area contributed by atoms with Crippen LogP contribution in [0, 0.1) is 11.7 Å². The second-order valence-corrected chi connectivity index (χ2v) is 4.87. The van der Waals surface area contributed by atoms with Gasteiger partial charge < -0.3 is 15.8 Å². The molecule has 1 aliphatic carbocycles. The second-order valence-electron chi connectivity index (χ2n) is 4.87. The van der Waals surface area contributed by atoms with Crippen molar-refractivity contribution in [1.29, 1.82) is 0 Å². The average molecular weight is 252 g/mol. The highest BCUT2D eigenvalue weighted by Gasteiger charge is 2.21. The van der Waals surface area contributed by atoms with Crippen LogP contribution in [0.15, 0.2) is 18.2 Å². The number of halogens is 1. The van der Waals surface area contributed by atoms with Gasteiger partial charge in [0, 0.05) is 12.6 Å². The van der Waals surface area contributed by atoms with Crippen LogP contribution in [-0.4, -0.2) is 20.2 Å². The van der Waals surface area contributed by atoms with E-state index in [1.54, 1.807) is 6.07 Å². The standard InChI is InChI=1S/C14H21FN2O/c1-18-14-5-4-11(8-12(14)15)13(9-16)17-7-6-10-2-3-10/h4-5,8,10,13,17H,2-3,6-7,9,16H2,1H3. The van der Waals surface area contributed by atoms with Gasteiger partial charge in [0.25, 0.3) is 0 Å². The smallest absolute Gasteiger partial charge is 0.165 e. The number of methoxy groups -OCH3 is 1. The average Bonchev–Trinajstić information content (AvgIpc) is 3.18. The van der Waals surface area contributed by atoms with E-state index >= 15 is 0 Å². The number of nitrogens with two attached hydrogens (primary N) is 1. The molecule has 0 bridgehead atoms. The van der Waals surface area contributed by atoms with Crippen LogP contribution >= 0.6 is 0 Å². The fourth-order valence-electron chi connectivity index (χ4n) is 2.10. The third-order valence-electron chi connectivity index (χ3n) is 3.45. The van der Waals surface area contributed by atoms with Gasteiger partial charge in [-0.3, -0.25) is 0 Å². The Kier molecular flexibility index (Phi) is 4.55. The third kappa shape index (κ3) is 3.43. The number of rotatable bonds is 7. The highest BCUT2D eigenvalue weighted by atomic mass is 19.1. The van der Waals surface area contributed by atoms with Crippen LogP contribution in [0.1, 0.15) is 30.9 Å². The van der Waals surface area contributed by atoms with Crippen molar-refractivity contribution >= 4 is 0 Å². The molecule has 1 saturated carbocycles. The molecule has 0 amide bonds. The molecule has 0 aromatic heterocycles. The Morgan fingerprint density at radius 3 is 2.83 bits per heavy atom. The van der Waals surface area contributed by atoms with E-state index < -0.39 is 0 Å². The number of hydrogen-bond donors (Lipinski definition) is 2. The lowest BCUT2D eigenvalue weighted by Gasteiger charge is -2.18. The summed E-state index contributed by atoms with van der Waals surface area (Å²) < 4.78 is 18.5. The molecule has 100 valence electrons. The van der Waals surface area contributed by atoms with Crippen LogP contribution < -0.4 is 15.8 Å². The first-order valence-electron chi connectivity index (χ1n) is 6.51. The van der Waals surface area contributed by atoms with Crippen molar-refractivity contribution in [3.8, 4) is 5.75 Å². The molecule has 1 fully saturated rings. The molecule has 0 spiro atoms. The maximum absolute atomic E-state index is 13.6. The zero-order valence-corrected chi connectivity index (χ0v) is 10.8. The summed E-state index contributed by atoms with van der Waals surface area (Å²) in [4.78, 5) is 0. The lowest BCUT2D eigenvalue weighted by Crippen LogP contribution is -2.29. The molecular formula is C14H21FN2O. The summed E-state index contributed by atoms with van der Waals surface area (Å²) in [6.45, 7) is 1.41. The minimum Gasteiger partial charge on any atom is -0.494 e. The first kappa shape index (κ1) is 13.3. The van der Waals surface area contributed by atoms with E-state index in [-0.39, 0.29) is 17.6 Å². The van der Waals surface area contributed by atoms with Crippen molar-refractivity contribution in [2.45, 2.75) is 25.3 Å². The summed E-state index contributed by atoms with van der Waals surface area (Å²) in [7, 11) is 1.46. The van der Waals surface area contributed by atoms with E-state index in [1.807, 2.05) is 6.07 Å². The number of nitrogens with one attached hydrogen (secondary N) is 1. The molecule has 1 unspecified atom stereocenters. The van der Waals surface area contributed by atoms with Crippen molar-refractivity contribution in [1.82, 2.24) is 5.32 Å². The Bertz CT molecular complexity index is 393. The summed E-state index contributed by atoms with van der Waals surface area (Å²) in [5.74, 6) is 0.827. The van der Waals surface area contributed by atoms with Crippen molar-refractivity contribution in [2.75, 3.05) is 20.2 Å². The van der Waals surface area contributed by atoms with E-state index in [1.165, 1.54) is 32.4 Å². The lowest BCUT2D eigenvalue weighted by molar-refractivity contribution is 0.385. The molecule has 1 aliphatic rings. The van der Waals surface area contributed by atoms with Gasteiger partial charge in [-0.05, 0) is 36.6 Å². The van der Waals surface area contributed by atoms with Crippen molar-refractivity contribution in [3.05, 3.63) is 29.6 Å². The molecule has 0 radical (unpaired) electrons. The molecule has 0 aliphatic heterocycles. The van der Waals surface area contributed by atoms with E-state index in [0.717, 1.165) is 18.0 Å². The fraction of sp³-hybridized carbons (Fsp3) is 0.571. The Morgan fingerprint density at radius 2 is 2.28 bits per heavy atom. The second kappa shape index (κ2) is 6.16. The molecular weight excluding hydrogens is 231 g/mol. The quantitative estimate of drug-likeness (QED) is 0.782. The van der Waals surface area contributed by atoms with Gasteiger partial charge in [-0.1, -0.05) is 18.9 Å². The first-order chi connectivity index (χ1) is 8.74. The Hall–Kier alpha value is -1.13. The molecule has 4 heteroatoms. The lowest BCUT2D eigenvalue weighted by atomic mass is 10.1. The van der Waals surface area contributed by atoms with E-state index in [2.05, 4.69) is 5.32 Å². The van der Waals surface area contributed by atoms with Crippen LogP contribution in [0.5, 0.6) is 5.75 Å². The third-order valence-corrected chi connectivity index (χ3v) is 3.45. The zero-order chi connectivity index (χ0) is 13.0. The van der Waals surface area contributed by atoms with Crippen LogP contribution in [-0.2, 0) is 0 Å². The van der Waals surface area contributed by atoms with Crippen LogP contribution in [0.25, 0.3) is 0 Å². The van der Waals surface area contributed by atoms with Gasteiger partial charge in [-0.25, -0.2) is 4.39 Å². The molecule has 2 rings (SSSR count). The zero-order valence-electron chi connectivity index (χ0n) is 10.8. The Labute approximate surface area is 108 Å². The normalized spacial score (nSPS) is 16.6. The molecule has 18 heavy (non-hydrogen) atoms. The van der Waals surface area contributed by atoms with Crippen LogP contribution in [0.3, 0.4) is 0 Å². The van der Waals surface area contributed by atoms with E-state index in [0.29, 0.717) is 6.54 Å². The van der Waals surface area contributed by atoms with Crippen LogP contribution in [0.4, 0.5) is 4.39 Å². The van der Waals surface area contributed by atoms with Gasteiger partial charge in [-0.2, -0.15) is 0 Å². The molecule has 3 nitrogen and oxygen atoms in total. The van der Waals surface area contributed by atoms with Crippen molar-refractivity contribution < 1.29 is 9.13 Å². The maximum Gasteiger partial charge on any atom is 0.165 e. The topological polar surface area (TPSA) is 47.3 Å². The van der Waals surface area contributed by atoms with E-state index in [9.17, 15) is 4.39 Å². The van der Waals surface area contributed by atoms with Crippen molar-refractivity contribution in [2.24, 2.45) is 11.7 Å². The Balaban J connectivity index is 1.94. The van der Waals surface area contributed by atoms with Gasteiger partial charge in [0.1, 0.15) is 0 Å². The highest BCUT2D eigenvalue weighted by molar-refractivity contribution is 5.31. The molecule has 3 N–H and O–H groups in total. The molecule has 1 atom stereocenters. The predicted octanol–water partition coefficient (Wildman–Crippen LogP) is 2.22. The van der Waals surface area contributed by atoms with E-state index in [4.69, 9.17) is 10.5 Å². The molecule has 0 saturated heterocycles. The maximum atomic E-state index is 13.6. The minimum absolute atomic E-state index is 0.0177. The van der Waals surface area contributed by atoms with Crippen molar-refractivity contribution in [3.63, 3.8) is 0 Å². The number of benzene rings is 1. The Morgan fingerprint density at radius 1 is 1.50 bits per heavy atom. The SMILES string of the molecule is COc1ccc(C(CN)NCCC2CC2)cc1F. The monoisotopic (exact) mass is 252 g/mol. The highest BCUT2D eigenvalue weighted by Crippen LogP contribution is 2.32. The summed E-state index contributed by atoms with van der Waals surface area (Å²) in [5.41, 5.74) is 6.62. The minimum atomic E-state index is -0.336. The summed E-state index contributed by atoms with van der Waals surface area (Å²) in [5, 5.41) is 3.39. The van der Waals surface area contributed by atoms with Gasteiger partial charge in [0.05, 0.1) is 7.11 Å². The summed E-state index contributed by atoms with van der Waals surface area (Å²) in [6, 6.07) is 5.03. The number of ether oxygens (including phenoxy) is 1. The first-order valence-corrected chi connectivity index (χ1v) is 6.51. The predicted molar refractivity (Wildman–Crippen MR) is 70.1 cm³/mol. The largest absolute Gasteiger partial charge is 0.494 e. The van der Waals surface area contributed by atoms with Crippen LogP contribution in [0.2, 0.25) is 0 Å². The summed E-state index contributed by atoms with van der Waals surface area (Å²) in [6.07, 6.45) is 3.90. The van der Waals surface area contributed by atoms with Gasteiger partial charge >= 0.3 is 0 Å². The number of hydrogen-bond acceptors (Lipinski definition) is 3. The van der Waals surface area contributed by atoms with Gasteiger partial charge in [0.15, 0.2) is 11.6 Å². The van der Waals surface area contributed by atoms with Gasteiger partial charge in [0.2, 0.25) is 0 Å². The summed E-state index contributed by atoms with van der Waals surface area (Å²) >= 11 is 0. The molecule has 1 aromatic carbocycles. The molecule has 0 heterocycles.